The molecule has 0 aromatic heterocycles. The number of phenols is 2. The quantitative estimate of drug-likeness (QED) is 0.148. The van der Waals surface area contributed by atoms with Crippen molar-refractivity contribution in [2.24, 2.45) is 0 Å². The molecule has 0 saturated heterocycles. The minimum absolute atomic E-state index is 0.0345. The summed E-state index contributed by atoms with van der Waals surface area (Å²) in [4.78, 5) is 26.1. The number of ether oxygens (including phenoxy) is 1. The lowest BCUT2D eigenvalue weighted by Crippen LogP contribution is -2.43. The molecule has 1 atom stereocenters. The van der Waals surface area contributed by atoms with Gasteiger partial charge in [-0.05, 0) is 70.1 Å². The number of methoxy groups -OCH3 is 1. The first-order chi connectivity index (χ1) is 18.2. The van der Waals surface area contributed by atoms with E-state index in [-0.39, 0.29) is 29.9 Å². The Kier molecular flexibility index (Phi) is 12.6. The van der Waals surface area contributed by atoms with Gasteiger partial charge in [0.05, 0.1) is 12.7 Å². The highest BCUT2D eigenvalue weighted by Crippen LogP contribution is 2.36. The Morgan fingerprint density at radius 1 is 1.05 bits per heavy atom. The number of allylic oxidation sites excluding steroid dienone is 4. The van der Waals surface area contributed by atoms with Crippen LogP contribution in [0.4, 0.5) is 0 Å². The number of esters is 1. The summed E-state index contributed by atoms with van der Waals surface area (Å²) in [5, 5.41) is 24.8. The van der Waals surface area contributed by atoms with Crippen LogP contribution in [-0.4, -0.2) is 35.2 Å². The van der Waals surface area contributed by atoms with E-state index in [1.807, 2.05) is 43.3 Å². The molecule has 0 bridgehead atoms. The highest BCUT2D eigenvalue weighted by Gasteiger charge is 2.27. The number of nitrogens with one attached hydrogen (secondary N) is 1. The van der Waals surface area contributed by atoms with E-state index in [9.17, 15) is 19.8 Å². The molecular weight excluding hydrogens is 478 g/mol. The topological polar surface area (TPSA) is 95.9 Å². The van der Waals surface area contributed by atoms with Crippen molar-refractivity contribution in [1.82, 2.24) is 5.32 Å². The number of amides is 1. The van der Waals surface area contributed by atoms with Gasteiger partial charge < -0.3 is 20.3 Å². The first kappa shape index (κ1) is 30.7. The number of carbonyl (C=O) groups is 2. The Balaban J connectivity index is 2.39. The molecule has 38 heavy (non-hydrogen) atoms. The number of hydrogen-bond donors (Lipinski definition) is 3. The predicted octanol–water partition coefficient (Wildman–Crippen LogP) is 6.58. The molecule has 2 aromatic carbocycles. The van der Waals surface area contributed by atoms with Crippen molar-refractivity contribution in [3.05, 3.63) is 82.0 Å². The number of phenolic OH excluding ortho intramolecular Hbond substituents is 2. The molecule has 2 rings (SSSR count). The molecule has 0 aliphatic carbocycles. The Morgan fingerprint density at radius 3 is 2.39 bits per heavy atom. The van der Waals surface area contributed by atoms with Gasteiger partial charge in [-0.3, -0.25) is 4.79 Å². The summed E-state index contributed by atoms with van der Waals surface area (Å²) in [6, 6.07) is 10.0. The van der Waals surface area contributed by atoms with E-state index in [0.717, 1.165) is 43.2 Å². The van der Waals surface area contributed by atoms with Gasteiger partial charge in [0.25, 0.3) is 5.91 Å². The highest BCUT2D eigenvalue weighted by atomic mass is 16.5. The summed E-state index contributed by atoms with van der Waals surface area (Å²) in [7, 11) is 1.28. The Hall–Kier alpha value is -3.54. The molecule has 6 heteroatoms. The van der Waals surface area contributed by atoms with Gasteiger partial charge in [0.2, 0.25) is 0 Å². The van der Waals surface area contributed by atoms with Crippen LogP contribution in [0, 0.1) is 0 Å². The Morgan fingerprint density at radius 2 is 1.76 bits per heavy atom. The molecular formula is C32H43NO5. The lowest BCUT2D eigenvalue weighted by Gasteiger charge is -2.20. The largest absolute Gasteiger partial charge is 0.508 e. The van der Waals surface area contributed by atoms with E-state index in [1.54, 1.807) is 6.07 Å². The van der Waals surface area contributed by atoms with Crippen molar-refractivity contribution in [2.75, 3.05) is 7.11 Å². The third-order valence-electron chi connectivity index (χ3n) is 6.56. The number of unbranched alkanes of at least 4 members (excludes halogenated alkanes) is 2. The number of carbonyl (C=O) groups excluding carboxylic acids is 2. The monoisotopic (exact) mass is 521 g/mol. The smallest absolute Gasteiger partial charge is 0.328 e. The minimum Gasteiger partial charge on any atom is -0.508 e. The molecule has 0 aliphatic heterocycles. The number of hydrogen-bond acceptors (Lipinski definition) is 5. The molecule has 2 aromatic rings. The molecule has 6 nitrogen and oxygen atoms in total. The normalized spacial score (nSPS) is 12.1. The third kappa shape index (κ3) is 9.40. The standard InChI is InChI=1S/C32H43NO5/c1-6-7-9-17-25-21-28(34)26(19-18-23(4)14-12-13-22(2)3)30(35)29(25)31(36)33-27(32(37)38-5)20-24-15-10-8-11-16-24/h8,10-11,13,15-16,18,21,27,34-35H,6-7,9,12,14,17,19-20H2,1-5H3,(H,33,36)/t27-/m0/s1. The van der Waals surface area contributed by atoms with Crippen LogP contribution >= 0.6 is 0 Å². The van der Waals surface area contributed by atoms with Crippen molar-refractivity contribution >= 4 is 11.9 Å². The summed E-state index contributed by atoms with van der Waals surface area (Å²) in [6.07, 6.45) is 9.76. The fourth-order valence-electron chi connectivity index (χ4n) is 4.35. The van der Waals surface area contributed by atoms with Gasteiger partial charge in [0.15, 0.2) is 0 Å². The van der Waals surface area contributed by atoms with Gasteiger partial charge in [0.1, 0.15) is 17.5 Å². The number of rotatable bonds is 14. The van der Waals surface area contributed by atoms with E-state index in [4.69, 9.17) is 4.74 Å². The Bertz CT molecular complexity index is 1130. The molecule has 0 spiro atoms. The summed E-state index contributed by atoms with van der Waals surface area (Å²) in [5.74, 6) is -1.41. The zero-order valence-corrected chi connectivity index (χ0v) is 23.5. The maximum atomic E-state index is 13.6. The van der Waals surface area contributed by atoms with E-state index in [1.165, 1.54) is 12.7 Å². The minimum atomic E-state index is -0.924. The first-order valence-electron chi connectivity index (χ1n) is 13.5. The van der Waals surface area contributed by atoms with Crippen LogP contribution < -0.4 is 5.32 Å². The van der Waals surface area contributed by atoms with Crippen LogP contribution in [0.2, 0.25) is 0 Å². The van der Waals surface area contributed by atoms with Gasteiger partial charge in [-0.25, -0.2) is 4.79 Å². The Labute approximate surface area is 227 Å². The van der Waals surface area contributed by atoms with Crippen molar-refractivity contribution in [2.45, 2.75) is 85.1 Å². The molecule has 0 aliphatic rings. The van der Waals surface area contributed by atoms with E-state index in [2.05, 4.69) is 32.2 Å². The second-order valence-electron chi connectivity index (χ2n) is 10.0. The van der Waals surface area contributed by atoms with E-state index < -0.39 is 17.9 Å². The second-order valence-corrected chi connectivity index (χ2v) is 10.0. The maximum Gasteiger partial charge on any atom is 0.328 e. The van der Waals surface area contributed by atoms with Crippen LogP contribution in [0.5, 0.6) is 11.5 Å². The van der Waals surface area contributed by atoms with Crippen LogP contribution in [0.25, 0.3) is 0 Å². The maximum absolute atomic E-state index is 13.6. The summed E-state index contributed by atoms with van der Waals surface area (Å²) >= 11 is 0. The molecule has 0 unspecified atom stereocenters. The summed E-state index contributed by atoms with van der Waals surface area (Å²) < 4.78 is 4.95. The third-order valence-corrected chi connectivity index (χ3v) is 6.56. The summed E-state index contributed by atoms with van der Waals surface area (Å²) in [6.45, 7) is 8.23. The highest BCUT2D eigenvalue weighted by molar-refractivity contribution is 6.01. The van der Waals surface area contributed by atoms with Gasteiger partial charge in [0, 0.05) is 12.0 Å². The number of aromatic hydroxyl groups is 2. The van der Waals surface area contributed by atoms with Gasteiger partial charge in [-0.1, -0.05) is 73.4 Å². The molecule has 0 heterocycles. The molecule has 0 radical (unpaired) electrons. The van der Waals surface area contributed by atoms with Crippen LogP contribution in [0.3, 0.4) is 0 Å². The van der Waals surface area contributed by atoms with E-state index in [0.29, 0.717) is 17.5 Å². The number of aryl methyl sites for hydroxylation is 1. The van der Waals surface area contributed by atoms with E-state index >= 15 is 0 Å². The zero-order chi connectivity index (χ0) is 28.1. The van der Waals surface area contributed by atoms with Crippen molar-refractivity contribution in [3.8, 4) is 11.5 Å². The SMILES string of the molecule is CCCCCc1cc(O)c(CC=C(C)CCC=C(C)C)c(O)c1C(=O)N[C@@H](Cc1ccccc1)C(=O)OC. The molecule has 206 valence electrons. The average Bonchev–Trinajstić information content (AvgIpc) is 2.88. The van der Waals surface area contributed by atoms with Gasteiger partial charge in [-0.15, -0.1) is 0 Å². The second kappa shape index (κ2) is 15.7. The van der Waals surface area contributed by atoms with Gasteiger partial charge in [-0.2, -0.15) is 0 Å². The molecule has 0 saturated carbocycles. The van der Waals surface area contributed by atoms with Crippen LogP contribution in [0.15, 0.2) is 59.7 Å². The molecule has 3 N–H and O–H groups in total. The fourth-order valence-corrected chi connectivity index (χ4v) is 4.35. The van der Waals surface area contributed by atoms with Crippen molar-refractivity contribution in [1.29, 1.82) is 0 Å². The summed E-state index contributed by atoms with van der Waals surface area (Å²) in [5.41, 5.74) is 4.23. The average molecular weight is 522 g/mol. The lowest BCUT2D eigenvalue weighted by molar-refractivity contribution is -0.142. The molecule has 0 fully saturated rings. The molecule has 1 amide bonds. The first-order valence-corrected chi connectivity index (χ1v) is 13.5. The number of benzene rings is 2. The van der Waals surface area contributed by atoms with Crippen LogP contribution in [0.1, 0.15) is 86.8 Å². The van der Waals surface area contributed by atoms with Crippen molar-refractivity contribution in [3.63, 3.8) is 0 Å². The van der Waals surface area contributed by atoms with Crippen molar-refractivity contribution < 1.29 is 24.5 Å². The van der Waals surface area contributed by atoms with Crippen LogP contribution in [-0.2, 0) is 28.8 Å². The fraction of sp³-hybridized carbons (Fsp3) is 0.438. The predicted molar refractivity (Wildman–Crippen MR) is 153 cm³/mol. The van der Waals surface area contributed by atoms with Gasteiger partial charge >= 0.3 is 5.97 Å². The lowest BCUT2D eigenvalue weighted by atomic mass is 9.93. The zero-order valence-electron chi connectivity index (χ0n) is 23.5.